The monoisotopic (exact) mass is 309 g/mol. The first-order chi connectivity index (χ1) is 9.48. The number of carbonyl (C=O) groups is 1. The van der Waals surface area contributed by atoms with E-state index in [2.05, 4.69) is 17.9 Å². The van der Waals surface area contributed by atoms with Gasteiger partial charge in [0.1, 0.15) is 5.75 Å². The zero-order valence-corrected chi connectivity index (χ0v) is 14.8. The number of rotatable bonds is 3. The summed E-state index contributed by atoms with van der Waals surface area (Å²) in [6, 6.07) is 3.58. The summed E-state index contributed by atoms with van der Waals surface area (Å²) in [5.41, 5.74) is 1.72. The average molecular weight is 309 g/mol. The van der Waals surface area contributed by atoms with Gasteiger partial charge in [0.25, 0.3) is 5.91 Å². The number of hydrogen-bond donors (Lipinski definition) is 3. The molecule has 0 spiro atoms. The summed E-state index contributed by atoms with van der Waals surface area (Å²) < 4.78 is 0. The second kappa shape index (κ2) is 6.30. The van der Waals surface area contributed by atoms with Crippen LogP contribution in [0.4, 0.5) is 0 Å². The fourth-order valence-electron chi connectivity index (χ4n) is 2.18. The number of phenolic OH excluding ortho intramolecular Hbond substituents is 1. The number of phenols is 1. The Balaban J connectivity index is 3.44. The van der Waals surface area contributed by atoms with Gasteiger partial charge in [0.05, 0.1) is 0 Å². The van der Waals surface area contributed by atoms with Gasteiger partial charge in [0.2, 0.25) is 0 Å². The molecule has 21 heavy (non-hydrogen) atoms. The predicted molar refractivity (Wildman–Crippen MR) is 91.7 cm³/mol. The predicted octanol–water partition coefficient (Wildman–Crippen LogP) is 3.65. The van der Waals surface area contributed by atoms with Crippen molar-refractivity contribution in [3.8, 4) is 5.75 Å². The molecule has 0 radical (unpaired) electrons. The van der Waals surface area contributed by atoms with E-state index in [-0.39, 0.29) is 16.7 Å². The number of carbonyl (C=O) groups excluding carboxylic acids is 1. The topological polar surface area (TPSA) is 49.3 Å². The summed E-state index contributed by atoms with van der Waals surface area (Å²) >= 11 is 4.10. The fraction of sp³-hybridized carbons (Fsp3) is 0.588. The molecule has 0 heterocycles. The molecule has 0 atom stereocenters. The zero-order valence-electron chi connectivity index (χ0n) is 13.9. The molecule has 0 aromatic heterocycles. The third-order valence-corrected chi connectivity index (χ3v) is 3.61. The number of benzene rings is 1. The Kier molecular flexibility index (Phi) is 5.37. The fourth-order valence-corrected chi connectivity index (χ4v) is 2.29. The molecule has 1 aromatic rings. The Morgan fingerprint density at radius 2 is 1.52 bits per heavy atom. The van der Waals surface area contributed by atoms with Crippen LogP contribution in [-0.4, -0.2) is 23.3 Å². The SMILES string of the molecule is CC(C)(C)c1cc(C(=O)NCCS)cc(C(C)(C)C)c1O. The van der Waals surface area contributed by atoms with E-state index >= 15 is 0 Å². The minimum atomic E-state index is -0.232. The van der Waals surface area contributed by atoms with Gasteiger partial charge in [0, 0.05) is 29.0 Å². The van der Waals surface area contributed by atoms with Crippen LogP contribution in [0.3, 0.4) is 0 Å². The summed E-state index contributed by atoms with van der Waals surface area (Å²) in [5, 5.41) is 13.4. The number of amides is 1. The maximum Gasteiger partial charge on any atom is 0.251 e. The highest BCUT2D eigenvalue weighted by molar-refractivity contribution is 7.80. The van der Waals surface area contributed by atoms with Crippen molar-refractivity contribution in [3.05, 3.63) is 28.8 Å². The molecule has 0 aliphatic heterocycles. The quantitative estimate of drug-likeness (QED) is 0.747. The third kappa shape index (κ3) is 4.40. The molecule has 1 amide bonds. The number of nitrogens with one attached hydrogen (secondary N) is 1. The van der Waals surface area contributed by atoms with Crippen LogP contribution in [0.15, 0.2) is 12.1 Å². The smallest absolute Gasteiger partial charge is 0.251 e. The van der Waals surface area contributed by atoms with E-state index in [1.165, 1.54) is 0 Å². The molecular weight excluding hydrogens is 282 g/mol. The van der Waals surface area contributed by atoms with E-state index in [0.717, 1.165) is 11.1 Å². The van der Waals surface area contributed by atoms with Crippen LogP contribution in [0, 0.1) is 0 Å². The van der Waals surface area contributed by atoms with Crippen LogP contribution in [-0.2, 0) is 10.8 Å². The maximum absolute atomic E-state index is 12.2. The Morgan fingerprint density at radius 3 is 1.86 bits per heavy atom. The highest BCUT2D eigenvalue weighted by Crippen LogP contribution is 2.39. The van der Waals surface area contributed by atoms with Crippen LogP contribution in [0.25, 0.3) is 0 Å². The molecule has 0 fully saturated rings. The summed E-state index contributed by atoms with van der Waals surface area (Å²) in [5.74, 6) is 0.767. The van der Waals surface area contributed by atoms with Gasteiger partial charge >= 0.3 is 0 Å². The second-order valence-electron chi connectivity index (χ2n) is 7.40. The van der Waals surface area contributed by atoms with Gasteiger partial charge in [-0.3, -0.25) is 4.79 Å². The molecule has 1 rings (SSSR count). The molecule has 0 unspecified atom stereocenters. The Morgan fingerprint density at radius 1 is 1.10 bits per heavy atom. The van der Waals surface area contributed by atoms with Crippen molar-refractivity contribution in [3.63, 3.8) is 0 Å². The molecule has 1 aromatic carbocycles. The first-order valence-corrected chi connectivity index (χ1v) is 7.88. The highest BCUT2D eigenvalue weighted by atomic mass is 32.1. The number of hydrogen-bond acceptors (Lipinski definition) is 3. The standard InChI is InChI=1S/C17H27NO2S/c1-16(2,3)12-9-11(15(20)18-7-8-21)10-13(14(12)19)17(4,5)6/h9-10,19,21H,7-8H2,1-6H3,(H,18,20). The summed E-state index contributed by atoms with van der Waals surface area (Å²) in [6.07, 6.45) is 0. The normalized spacial score (nSPS) is 12.3. The van der Waals surface area contributed by atoms with Gasteiger partial charge in [-0.25, -0.2) is 0 Å². The van der Waals surface area contributed by atoms with Gasteiger partial charge < -0.3 is 10.4 Å². The average Bonchev–Trinajstić information content (AvgIpc) is 2.33. The van der Waals surface area contributed by atoms with E-state index in [0.29, 0.717) is 23.6 Å². The van der Waals surface area contributed by atoms with Crippen molar-refractivity contribution in [1.82, 2.24) is 5.32 Å². The van der Waals surface area contributed by atoms with E-state index in [9.17, 15) is 9.90 Å². The first kappa shape index (κ1) is 17.9. The van der Waals surface area contributed by atoms with Gasteiger partial charge in [-0.05, 0) is 23.0 Å². The van der Waals surface area contributed by atoms with Crippen LogP contribution in [0.5, 0.6) is 5.75 Å². The lowest BCUT2D eigenvalue weighted by Gasteiger charge is -2.28. The van der Waals surface area contributed by atoms with Crippen molar-refractivity contribution in [2.45, 2.75) is 52.4 Å². The van der Waals surface area contributed by atoms with Crippen molar-refractivity contribution >= 4 is 18.5 Å². The molecule has 0 saturated carbocycles. The molecule has 2 N–H and O–H groups in total. The second-order valence-corrected chi connectivity index (χ2v) is 7.85. The lowest BCUT2D eigenvalue weighted by atomic mass is 9.78. The summed E-state index contributed by atoms with van der Waals surface area (Å²) in [6.45, 7) is 12.7. The van der Waals surface area contributed by atoms with E-state index in [1.54, 1.807) is 12.1 Å². The van der Waals surface area contributed by atoms with Crippen molar-refractivity contribution in [1.29, 1.82) is 0 Å². The van der Waals surface area contributed by atoms with Crippen LogP contribution < -0.4 is 5.32 Å². The molecule has 0 aliphatic carbocycles. The first-order valence-electron chi connectivity index (χ1n) is 7.25. The minimum absolute atomic E-state index is 0.125. The zero-order chi connectivity index (χ0) is 16.4. The Bertz CT molecular complexity index is 490. The molecule has 0 saturated heterocycles. The van der Waals surface area contributed by atoms with Crippen LogP contribution in [0.1, 0.15) is 63.0 Å². The summed E-state index contributed by atoms with van der Waals surface area (Å²) in [7, 11) is 0. The van der Waals surface area contributed by atoms with Crippen LogP contribution >= 0.6 is 12.6 Å². The lowest BCUT2D eigenvalue weighted by molar-refractivity contribution is 0.0956. The molecule has 3 nitrogen and oxygen atoms in total. The van der Waals surface area contributed by atoms with Gasteiger partial charge in [-0.1, -0.05) is 41.5 Å². The van der Waals surface area contributed by atoms with E-state index in [1.807, 2.05) is 41.5 Å². The minimum Gasteiger partial charge on any atom is -0.507 e. The summed E-state index contributed by atoms with van der Waals surface area (Å²) in [4.78, 5) is 12.2. The Hall–Kier alpha value is -1.16. The molecule has 4 heteroatoms. The lowest BCUT2D eigenvalue weighted by Crippen LogP contribution is -2.27. The largest absolute Gasteiger partial charge is 0.507 e. The molecule has 0 bridgehead atoms. The van der Waals surface area contributed by atoms with Crippen LogP contribution in [0.2, 0.25) is 0 Å². The Labute approximate surface area is 133 Å². The number of thiol groups is 1. The third-order valence-electron chi connectivity index (χ3n) is 3.39. The van der Waals surface area contributed by atoms with Gasteiger partial charge in [-0.15, -0.1) is 0 Å². The van der Waals surface area contributed by atoms with E-state index < -0.39 is 0 Å². The maximum atomic E-state index is 12.2. The van der Waals surface area contributed by atoms with E-state index in [4.69, 9.17) is 0 Å². The highest BCUT2D eigenvalue weighted by Gasteiger charge is 2.27. The van der Waals surface area contributed by atoms with Gasteiger partial charge in [0.15, 0.2) is 0 Å². The van der Waals surface area contributed by atoms with Crippen molar-refractivity contribution in [2.75, 3.05) is 12.3 Å². The molecule has 118 valence electrons. The van der Waals surface area contributed by atoms with Crippen molar-refractivity contribution in [2.24, 2.45) is 0 Å². The molecular formula is C17H27NO2S. The number of aromatic hydroxyl groups is 1. The van der Waals surface area contributed by atoms with Gasteiger partial charge in [-0.2, -0.15) is 12.6 Å². The molecule has 0 aliphatic rings. The van der Waals surface area contributed by atoms with Crippen molar-refractivity contribution < 1.29 is 9.90 Å².